The first-order valence-corrected chi connectivity index (χ1v) is 4.84. The van der Waals surface area contributed by atoms with Gasteiger partial charge in [-0.05, 0) is 25.0 Å². The Hall–Kier alpha value is -2.22. The second-order valence-electron chi connectivity index (χ2n) is 3.52. The summed E-state index contributed by atoms with van der Waals surface area (Å²) in [6.45, 7) is 3.91. The Morgan fingerprint density at radius 2 is 2.25 bits per heavy atom. The molecule has 0 N–H and O–H groups in total. The third-order valence-electron chi connectivity index (χ3n) is 2.13. The number of pyridine rings is 1. The number of aryl methyl sites for hydroxylation is 2. The molecule has 5 heteroatoms. The molecule has 2 aromatic rings. The Morgan fingerprint density at radius 3 is 2.94 bits per heavy atom. The van der Waals surface area contributed by atoms with Crippen LogP contribution in [0.15, 0.2) is 16.8 Å². The van der Waals surface area contributed by atoms with E-state index in [-0.39, 0.29) is 6.42 Å². The SMILES string of the molecule is Cc1cnc(-c2noc(CC#N)n2)c(C)c1. The van der Waals surface area contributed by atoms with E-state index < -0.39 is 0 Å². The Bertz CT molecular complexity index is 553. The van der Waals surface area contributed by atoms with Crippen LogP contribution in [0.2, 0.25) is 0 Å². The Balaban J connectivity index is 2.39. The summed E-state index contributed by atoms with van der Waals surface area (Å²) < 4.78 is 4.92. The normalized spacial score (nSPS) is 10.1. The van der Waals surface area contributed by atoms with Crippen LogP contribution in [-0.4, -0.2) is 15.1 Å². The second-order valence-corrected chi connectivity index (χ2v) is 3.52. The van der Waals surface area contributed by atoms with Crippen molar-refractivity contribution in [1.29, 1.82) is 5.26 Å². The van der Waals surface area contributed by atoms with E-state index in [2.05, 4.69) is 15.1 Å². The average Bonchev–Trinajstić information content (AvgIpc) is 2.67. The van der Waals surface area contributed by atoms with Crippen molar-refractivity contribution in [2.75, 3.05) is 0 Å². The van der Waals surface area contributed by atoms with Gasteiger partial charge in [-0.2, -0.15) is 10.2 Å². The van der Waals surface area contributed by atoms with Crippen LogP contribution in [0.3, 0.4) is 0 Å². The number of rotatable bonds is 2. The molecule has 0 aromatic carbocycles. The minimum atomic E-state index is 0.123. The zero-order valence-electron chi connectivity index (χ0n) is 9.06. The molecule has 0 fully saturated rings. The highest BCUT2D eigenvalue weighted by Gasteiger charge is 2.11. The average molecular weight is 214 g/mol. The molecule has 2 aromatic heterocycles. The van der Waals surface area contributed by atoms with Gasteiger partial charge in [-0.1, -0.05) is 11.2 Å². The molecule has 0 radical (unpaired) electrons. The van der Waals surface area contributed by atoms with Crippen molar-refractivity contribution >= 4 is 0 Å². The molecule has 0 unspecified atom stereocenters. The van der Waals surface area contributed by atoms with Crippen LogP contribution in [0, 0.1) is 25.2 Å². The van der Waals surface area contributed by atoms with Gasteiger partial charge in [-0.25, -0.2) is 0 Å². The minimum absolute atomic E-state index is 0.123. The maximum Gasteiger partial charge on any atom is 0.241 e. The van der Waals surface area contributed by atoms with Crippen LogP contribution in [0.1, 0.15) is 17.0 Å². The molecular formula is C11H10N4O. The van der Waals surface area contributed by atoms with Gasteiger partial charge >= 0.3 is 0 Å². The molecule has 5 nitrogen and oxygen atoms in total. The van der Waals surface area contributed by atoms with E-state index in [1.54, 1.807) is 6.20 Å². The maximum atomic E-state index is 8.50. The van der Waals surface area contributed by atoms with Gasteiger partial charge in [-0.3, -0.25) is 4.98 Å². The van der Waals surface area contributed by atoms with Gasteiger partial charge in [0.2, 0.25) is 11.7 Å². The maximum absolute atomic E-state index is 8.50. The standard InChI is InChI=1S/C11H10N4O/c1-7-5-8(2)10(13-6-7)11-14-9(3-4-12)16-15-11/h5-6H,3H2,1-2H3. The molecule has 0 saturated heterocycles. The molecule has 0 atom stereocenters. The first kappa shape index (κ1) is 10.3. The fraction of sp³-hybridized carbons (Fsp3) is 0.273. The molecule has 0 aliphatic heterocycles. The Labute approximate surface area is 92.7 Å². The van der Waals surface area contributed by atoms with Crippen LogP contribution >= 0.6 is 0 Å². The number of nitriles is 1. The van der Waals surface area contributed by atoms with Crippen LogP contribution in [0.4, 0.5) is 0 Å². The molecule has 2 rings (SSSR count). The van der Waals surface area contributed by atoms with Crippen LogP contribution in [-0.2, 0) is 6.42 Å². The number of nitrogens with zero attached hydrogens (tertiary/aromatic N) is 4. The summed E-state index contributed by atoms with van der Waals surface area (Å²) in [4.78, 5) is 8.35. The fourth-order valence-electron chi connectivity index (χ4n) is 1.44. The zero-order chi connectivity index (χ0) is 11.5. The summed E-state index contributed by atoms with van der Waals surface area (Å²) in [5.74, 6) is 0.752. The fourth-order valence-corrected chi connectivity index (χ4v) is 1.44. The van der Waals surface area contributed by atoms with Crippen molar-refractivity contribution < 1.29 is 4.52 Å². The van der Waals surface area contributed by atoms with Crippen molar-refractivity contribution in [2.24, 2.45) is 0 Å². The highest BCUT2D eigenvalue weighted by Crippen LogP contribution is 2.18. The van der Waals surface area contributed by atoms with E-state index in [4.69, 9.17) is 9.78 Å². The van der Waals surface area contributed by atoms with Crippen molar-refractivity contribution in [3.63, 3.8) is 0 Å². The van der Waals surface area contributed by atoms with Crippen LogP contribution < -0.4 is 0 Å². The van der Waals surface area contributed by atoms with Gasteiger partial charge < -0.3 is 4.52 Å². The van der Waals surface area contributed by atoms with E-state index >= 15 is 0 Å². The molecule has 0 amide bonds. The molecule has 0 aliphatic carbocycles. The molecule has 80 valence electrons. The predicted octanol–water partition coefficient (Wildman–Crippen LogP) is 1.81. The lowest BCUT2D eigenvalue weighted by atomic mass is 10.1. The van der Waals surface area contributed by atoms with E-state index in [0.29, 0.717) is 17.4 Å². The number of aromatic nitrogens is 3. The largest absolute Gasteiger partial charge is 0.338 e. The van der Waals surface area contributed by atoms with Crippen molar-refractivity contribution in [1.82, 2.24) is 15.1 Å². The lowest BCUT2D eigenvalue weighted by Crippen LogP contribution is -1.91. The molecule has 0 aliphatic rings. The first-order valence-electron chi connectivity index (χ1n) is 4.84. The number of hydrogen-bond acceptors (Lipinski definition) is 5. The molecule has 2 heterocycles. The van der Waals surface area contributed by atoms with Crippen molar-refractivity contribution in [3.05, 3.63) is 29.3 Å². The highest BCUT2D eigenvalue weighted by atomic mass is 16.5. The van der Waals surface area contributed by atoms with Gasteiger partial charge in [0.25, 0.3) is 0 Å². The lowest BCUT2D eigenvalue weighted by molar-refractivity contribution is 0.387. The van der Waals surface area contributed by atoms with Gasteiger partial charge in [0.15, 0.2) is 0 Å². The first-order chi connectivity index (χ1) is 7.70. The molecule has 0 bridgehead atoms. The van der Waals surface area contributed by atoms with Gasteiger partial charge in [0.1, 0.15) is 12.1 Å². The quantitative estimate of drug-likeness (QED) is 0.762. The highest BCUT2D eigenvalue weighted by molar-refractivity contribution is 5.53. The molecular weight excluding hydrogens is 204 g/mol. The topological polar surface area (TPSA) is 75.6 Å². The van der Waals surface area contributed by atoms with Crippen molar-refractivity contribution in [3.8, 4) is 17.6 Å². The summed E-state index contributed by atoms with van der Waals surface area (Å²) in [6.07, 6.45) is 1.88. The monoisotopic (exact) mass is 214 g/mol. The van der Waals surface area contributed by atoms with Crippen LogP contribution in [0.25, 0.3) is 11.5 Å². The summed E-state index contributed by atoms with van der Waals surface area (Å²) in [6, 6.07) is 3.96. The summed E-state index contributed by atoms with van der Waals surface area (Å²) in [5, 5.41) is 12.3. The third kappa shape index (κ3) is 1.91. The van der Waals surface area contributed by atoms with E-state index in [1.807, 2.05) is 26.0 Å². The predicted molar refractivity (Wildman–Crippen MR) is 56.3 cm³/mol. The molecule has 0 saturated carbocycles. The van der Waals surface area contributed by atoms with E-state index in [9.17, 15) is 0 Å². The van der Waals surface area contributed by atoms with E-state index in [0.717, 1.165) is 11.1 Å². The molecule has 0 spiro atoms. The summed E-state index contributed by atoms with van der Waals surface area (Å²) in [5.41, 5.74) is 2.77. The van der Waals surface area contributed by atoms with Crippen LogP contribution in [0.5, 0.6) is 0 Å². The van der Waals surface area contributed by atoms with Crippen molar-refractivity contribution in [2.45, 2.75) is 20.3 Å². The number of hydrogen-bond donors (Lipinski definition) is 0. The third-order valence-corrected chi connectivity index (χ3v) is 2.13. The van der Waals surface area contributed by atoms with Gasteiger partial charge in [0.05, 0.1) is 6.07 Å². The summed E-state index contributed by atoms with van der Waals surface area (Å²) >= 11 is 0. The Kier molecular flexibility index (Phi) is 2.64. The zero-order valence-corrected chi connectivity index (χ0v) is 9.06. The second kappa shape index (κ2) is 4.11. The Morgan fingerprint density at radius 1 is 1.44 bits per heavy atom. The lowest BCUT2D eigenvalue weighted by Gasteiger charge is -2.00. The van der Waals surface area contributed by atoms with E-state index in [1.165, 1.54) is 0 Å². The minimum Gasteiger partial charge on any atom is -0.338 e. The van der Waals surface area contributed by atoms with Gasteiger partial charge in [-0.15, -0.1) is 0 Å². The summed E-state index contributed by atoms with van der Waals surface area (Å²) in [7, 11) is 0. The van der Waals surface area contributed by atoms with Gasteiger partial charge in [0, 0.05) is 6.20 Å². The smallest absolute Gasteiger partial charge is 0.241 e. The molecule has 16 heavy (non-hydrogen) atoms.